The lowest BCUT2D eigenvalue weighted by atomic mass is 10.2. The monoisotopic (exact) mass is 287 g/mol. The van der Waals surface area contributed by atoms with Crippen molar-refractivity contribution < 1.29 is 4.74 Å². The number of halogens is 2. The summed E-state index contributed by atoms with van der Waals surface area (Å²) in [4.78, 5) is 0. The van der Waals surface area contributed by atoms with Gasteiger partial charge in [-0.05, 0) is 32.0 Å². The van der Waals surface area contributed by atoms with Crippen molar-refractivity contribution in [2.45, 2.75) is 32.9 Å². The minimum absolute atomic E-state index is 0.0893. The van der Waals surface area contributed by atoms with Crippen LogP contribution in [0.3, 0.4) is 0 Å². The Bertz CT molecular complexity index is 407. The minimum atomic E-state index is -0.0893. The first-order valence-corrected chi connectivity index (χ1v) is 6.82. The molecule has 0 heterocycles. The highest BCUT2D eigenvalue weighted by Crippen LogP contribution is 2.33. The van der Waals surface area contributed by atoms with E-state index in [2.05, 4.69) is 18.8 Å². The molecule has 1 aromatic rings. The molecule has 1 unspecified atom stereocenters. The summed E-state index contributed by atoms with van der Waals surface area (Å²) in [5.74, 6) is 0.678. The first kappa shape index (κ1) is 15.4. The van der Waals surface area contributed by atoms with E-state index in [4.69, 9.17) is 27.9 Å². The quantitative estimate of drug-likeness (QED) is 0.591. The molecular weight excluding hydrogens is 269 g/mol. The highest BCUT2D eigenvalue weighted by molar-refractivity contribution is 6.35. The van der Waals surface area contributed by atoms with Crippen LogP contribution in [0.15, 0.2) is 24.8 Å². The van der Waals surface area contributed by atoms with Crippen molar-refractivity contribution in [2.24, 2.45) is 0 Å². The molecule has 1 atom stereocenters. The van der Waals surface area contributed by atoms with E-state index in [9.17, 15) is 0 Å². The molecule has 0 amide bonds. The van der Waals surface area contributed by atoms with Crippen LogP contribution in [0.5, 0.6) is 5.75 Å². The predicted octanol–water partition coefficient (Wildman–Crippen LogP) is 4.45. The van der Waals surface area contributed by atoms with Gasteiger partial charge in [-0.15, -0.1) is 0 Å². The topological polar surface area (TPSA) is 21.3 Å². The maximum atomic E-state index is 6.18. The van der Waals surface area contributed by atoms with Crippen LogP contribution in [-0.4, -0.2) is 12.6 Å². The Labute approximate surface area is 119 Å². The van der Waals surface area contributed by atoms with Crippen molar-refractivity contribution in [2.75, 3.05) is 6.54 Å². The van der Waals surface area contributed by atoms with Gasteiger partial charge in [0, 0.05) is 17.1 Å². The van der Waals surface area contributed by atoms with Gasteiger partial charge in [0.25, 0.3) is 0 Å². The molecule has 0 aliphatic carbocycles. The number of benzene rings is 1. The Morgan fingerprint density at radius 1 is 1.44 bits per heavy atom. The molecule has 0 aromatic heterocycles. The van der Waals surface area contributed by atoms with E-state index in [0.29, 0.717) is 22.3 Å². The van der Waals surface area contributed by atoms with Gasteiger partial charge < -0.3 is 10.1 Å². The molecule has 1 N–H and O–H groups in total. The Morgan fingerprint density at radius 3 is 2.78 bits per heavy atom. The van der Waals surface area contributed by atoms with Crippen LogP contribution in [0.1, 0.15) is 25.8 Å². The van der Waals surface area contributed by atoms with Gasteiger partial charge >= 0.3 is 0 Å². The normalized spacial score (nSPS) is 12.2. The first-order chi connectivity index (χ1) is 8.58. The smallest absolute Gasteiger partial charge is 0.143 e. The average Bonchev–Trinajstić information content (AvgIpc) is 2.33. The lowest BCUT2D eigenvalue weighted by Gasteiger charge is -2.17. The Hall–Kier alpha value is -0.700. The fourth-order valence-corrected chi connectivity index (χ4v) is 2.09. The van der Waals surface area contributed by atoms with Gasteiger partial charge in [0.15, 0.2) is 0 Å². The summed E-state index contributed by atoms with van der Waals surface area (Å²) in [6.45, 7) is 9.37. The van der Waals surface area contributed by atoms with E-state index in [1.807, 2.05) is 13.0 Å². The molecule has 2 nitrogen and oxygen atoms in total. The van der Waals surface area contributed by atoms with Gasteiger partial charge in [0.05, 0.1) is 5.02 Å². The van der Waals surface area contributed by atoms with Gasteiger partial charge in [0.1, 0.15) is 11.9 Å². The number of nitrogens with one attached hydrogen (secondary N) is 1. The van der Waals surface area contributed by atoms with Crippen LogP contribution in [0.25, 0.3) is 0 Å². The molecule has 0 bridgehead atoms. The maximum absolute atomic E-state index is 6.18. The number of hydrogen-bond donors (Lipinski definition) is 1. The third-order valence-corrected chi connectivity index (χ3v) is 2.96. The summed E-state index contributed by atoms with van der Waals surface area (Å²) in [7, 11) is 0. The molecule has 0 aliphatic heterocycles. The Balaban J connectivity index is 2.93. The zero-order chi connectivity index (χ0) is 13.5. The number of hydrogen-bond acceptors (Lipinski definition) is 2. The molecule has 0 saturated heterocycles. The molecule has 18 heavy (non-hydrogen) atoms. The van der Waals surface area contributed by atoms with Crippen molar-refractivity contribution in [3.63, 3.8) is 0 Å². The van der Waals surface area contributed by atoms with E-state index in [1.165, 1.54) is 0 Å². The van der Waals surface area contributed by atoms with Crippen LogP contribution in [0.2, 0.25) is 10.0 Å². The van der Waals surface area contributed by atoms with Crippen LogP contribution in [-0.2, 0) is 6.54 Å². The number of ether oxygens (including phenoxy) is 1. The van der Waals surface area contributed by atoms with E-state index >= 15 is 0 Å². The molecule has 0 saturated carbocycles. The SMILES string of the molecule is C=CC(C)Oc1c(Cl)cc(Cl)cc1CNCCC. The van der Waals surface area contributed by atoms with E-state index in [-0.39, 0.29) is 6.10 Å². The second kappa shape index (κ2) is 7.67. The largest absolute Gasteiger partial charge is 0.485 e. The molecule has 100 valence electrons. The van der Waals surface area contributed by atoms with E-state index in [1.54, 1.807) is 12.1 Å². The summed E-state index contributed by atoms with van der Waals surface area (Å²) >= 11 is 12.2. The molecule has 1 aromatic carbocycles. The van der Waals surface area contributed by atoms with Crippen LogP contribution in [0.4, 0.5) is 0 Å². The van der Waals surface area contributed by atoms with Gasteiger partial charge in [-0.1, -0.05) is 42.8 Å². The van der Waals surface area contributed by atoms with Gasteiger partial charge in [-0.25, -0.2) is 0 Å². The lowest BCUT2D eigenvalue weighted by Crippen LogP contribution is -2.16. The fraction of sp³-hybridized carbons (Fsp3) is 0.429. The Kier molecular flexibility index (Phi) is 6.55. The molecule has 0 aliphatic rings. The van der Waals surface area contributed by atoms with Gasteiger partial charge in [-0.2, -0.15) is 0 Å². The van der Waals surface area contributed by atoms with Crippen molar-refractivity contribution in [3.8, 4) is 5.75 Å². The van der Waals surface area contributed by atoms with E-state index in [0.717, 1.165) is 18.5 Å². The highest BCUT2D eigenvalue weighted by atomic mass is 35.5. The molecule has 4 heteroatoms. The summed E-state index contributed by atoms with van der Waals surface area (Å²) in [5, 5.41) is 4.46. The Morgan fingerprint density at radius 2 is 2.17 bits per heavy atom. The third-order valence-electron chi connectivity index (χ3n) is 2.46. The molecule has 0 spiro atoms. The first-order valence-electron chi connectivity index (χ1n) is 6.06. The maximum Gasteiger partial charge on any atom is 0.143 e. The van der Waals surface area contributed by atoms with Crippen molar-refractivity contribution in [3.05, 3.63) is 40.4 Å². The summed E-state index contributed by atoms with van der Waals surface area (Å²) in [5.41, 5.74) is 0.967. The average molecular weight is 288 g/mol. The van der Waals surface area contributed by atoms with E-state index < -0.39 is 0 Å². The second-order valence-corrected chi connectivity index (χ2v) is 4.95. The predicted molar refractivity (Wildman–Crippen MR) is 78.7 cm³/mol. The van der Waals surface area contributed by atoms with Crippen LogP contribution in [0, 0.1) is 0 Å². The van der Waals surface area contributed by atoms with Gasteiger partial charge in [-0.3, -0.25) is 0 Å². The van der Waals surface area contributed by atoms with Crippen LogP contribution < -0.4 is 10.1 Å². The standard InChI is InChI=1S/C14H19Cl2NO/c1-4-6-17-9-11-7-12(15)8-13(16)14(11)18-10(3)5-2/h5,7-8,10,17H,2,4,6,9H2,1,3H3. The second-order valence-electron chi connectivity index (χ2n) is 4.11. The van der Waals surface area contributed by atoms with Crippen molar-refractivity contribution in [1.29, 1.82) is 0 Å². The third kappa shape index (κ3) is 4.52. The highest BCUT2D eigenvalue weighted by Gasteiger charge is 2.12. The molecular formula is C14H19Cl2NO. The van der Waals surface area contributed by atoms with Crippen molar-refractivity contribution >= 4 is 23.2 Å². The molecule has 0 radical (unpaired) electrons. The minimum Gasteiger partial charge on any atom is -0.485 e. The summed E-state index contributed by atoms with van der Waals surface area (Å²) in [6, 6.07) is 3.57. The fourth-order valence-electron chi connectivity index (χ4n) is 1.51. The zero-order valence-corrected chi connectivity index (χ0v) is 12.3. The molecule has 0 fully saturated rings. The summed E-state index contributed by atoms with van der Waals surface area (Å²) < 4.78 is 5.76. The van der Waals surface area contributed by atoms with Crippen molar-refractivity contribution in [1.82, 2.24) is 5.32 Å². The lowest BCUT2D eigenvalue weighted by molar-refractivity contribution is 0.267. The molecule has 1 rings (SSSR count). The summed E-state index contributed by atoms with van der Waals surface area (Å²) in [6.07, 6.45) is 2.72. The zero-order valence-electron chi connectivity index (χ0n) is 10.8. The number of rotatable bonds is 7. The van der Waals surface area contributed by atoms with Crippen LogP contribution >= 0.6 is 23.2 Å². The van der Waals surface area contributed by atoms with Gasteiger partial charge in [0.2, 0.25) is 0 Å².